The van der Waals surface area contributed by atoms with Crippen molar-refractivity contribution in [3.05, 3.63) is 59.7 Å². The summed E-state index contributed by atoms with van der Waals surface area (Å²) in [5.41, 5.74) is 2.64. The van der Waals surface area contributed by atoms with Gasteiger partial charge in [-0.25, -0.2) is 9.18 Å². The standard InChI is InChI=1S/C34H49FO2/c1-3-5-6-7-8-9-10-12-15-27-18-20-30(21-19-27)31-24-22-29(23-25-31)28(4-2)26-34(35,33(36)37)32-16-13-11-14-17-32/h18-25,28,32H,3-17,26H2,1-2H3,(H,36,37)/t28?,34-/m0/s1. The fraction of sp³-hybridized carbons (Fsp3) is 0.618. The normalized spacial score (nSPS) is 16.8. The molecule has 1 fully saturated rings. The maximum absolute atomic E-state index is 15.9. The van der Waals surface area contributed by atoms with E-state index >= 15 is 4.39 Å². The Morgan fingerprint density at radius 1 is 0.838 bits per heavy atom. The van der Waals surface area contributed by atoms with Crippen LogP contribution in [-0.4, -0.2) is 16.7 Å². The number of alkyl halides is 1. The molecule has 3 heteroatoms. The molecule has 204 valence electrons. The molecular weight excluding hydrogens is 459 g/mol. The van der Waals surface area contributed by atoms with Crippen LogP contribution in [0.2, 0.25) is 0 Å². The summed E-state index contributed by atoms with van der Waals surface area (Å²) in [5, 5.41) is 9.84. The molecule has 37 heavy (non-hydrogen) atoms. The lowest BCUT2D eigenvalue weighted by atomic mass is 9.72. The number of benzene rings is 2. The Balaban J connectivity index is 1.54. The lowest BCUT2D eigenvalue weighted by Crippen LogP contribution is -2.43. The number of hydrogen-bond donors (Lipinski definition) is 1. The third-order valence-corrected chi connectivity index (χ3v) is 8.63. The molecule has 1 N–H and O–H groups in total. The van der Waals surface area contributed by atoms with Crippen LogP contribution in [-0.2, 0) is 11.2 Å². The molecule has 0 heterocycles. The molecule has 2 aromatic carbocycles. The van der Waals surface area contributed by atoms with Gasteiger partial charge in [-0.05, 0) is 66.7 Å². The van der Waals surface area contributed by atoms with Gasteiger partial charge < -0.3 is 5.11 Å². The Hall–Kier alpha value is -2.16. The average Bonchev–Trinajstić information content (AvgIpc) is 2.94. The highest BCUT2D eigenvalue weighted by Gasteiger charge is 2.47. The first-order valence-corrected chi connectivity index (χ1v) is 15.1. The molecule has 2 aromatic rings. The minimum atomic E-state index is -2.13. The molecule has 2 nitrogen and oxygen atoms in total. The number of carboxylic acid groups (broad SMARTS) is 1. The number of carboxylic acids is 1. The summed E-state index contributed by atoms with van der Waals surface area (Å²) in [7, 11) is 0. The number of rotatable bonds is 16. The van der Waals surface area contributed by atoms with Crippen LogP contribution in [0.25, 0.3) is 11.1 Å². The van der Waals surface area contributed by atoms with Crippen LogP contribution in [0.15, 0.2) is 48.5 Å². The maximum atomic E-state index is 15.9. The molecule has 1 unspecified atom stereocenters. The fourth-order valence-corrected chi connectivity index (χ4v) is 6.12. The summed E-state index contributed by atoms with van der Waals surface area (Å²) in [5.74, 6) is -1.73. The summed E-state index contributed by atoms with van der Waals surface area (Å²) in [6, 6.07) is 17.2. The number of aryl methyl sites for hydroxylation is 1. The second kappa shape index (κ2) is 15.3. The van der Waals surface area contributed by atoms with Crippen LogP contribution in [0.1, 0.15) is 127 Å². The molecule has 0 bridgehead atoms. The van der Waals surface area contributed by atoms with Gasteiger partial charge in [0.05, 0.1) is 0 Å². The SMILES string of the molecule is CCCCCCCCCCc1ccc(-c2ccc(C(CC)C[C@@](F)(C(=O)O)C3CCCCC3)cc2)cc1. The molecule has 0 aromatic heterocycles. The predicted octanol–water partition coefficient (Wildman–Crippen LogP) is 10.3. The van der Waals surface area contributed by atoms with Crippen molar-refractivity contribution in [1.29, 1.82) is 0 Å². The minimum absolute atomic E-state index is 0.0658. The fourth-order valence-electron chi connectivity index (χ4n) is 6.12. The Morgan fingerprint density at radius 3 is 1.92 bits per heavy atom. The van der Waals surface area contributed by atoms with Gasteiger partial charge in [0, 0.05) is 5.92 Å². The van der Waals surface area contributed by atoms with Gasteiger partial charge in [0.2, 0.25) is 5.67 Å². The molecule has 0 amide bonds. The van der Waals surface area contributed by atoms with E-state index in [2.05, 4.69) is 55.5 Å². The monoisotopic (exact) mass is 508 g/mol. The molecule has 0 saturated heterocycles. The van der Waals surface area contributed by atoms with Gasteiger partial charge in [-0.2, -0.15) is 0 Å². The van der Waals surface area contributed by atoms with E-state index < -0.39 is 11.6 Å². The third kappa shape index (κ3) is 8.69. The van der Waals surface area contributed by atoms with E-state index in [1.54, 1.807) is 0 Å². The lowest BCUT2D eigenvalue weighted by Gasteiger charge is -2.35. The Bertz CT molecular complexity index is 914. The zero-order valence-corrected chi connectivity index (χ0v) is 23.3. The third-order valence-electron chi connectivity index (χ3n) is 8.63. The summed E-state index contributed by atoms with van der Waals surface area (Å²) >= 11 is 0. The number of carbonyl (C=O) groups is 1. The van der Waals surface area contributed by atoms with Crippen molar-refractivity contribution < 1.29 is 14.3 Å². The summed E-state index contributed by atoms with van der Waals surface area (Å²) < 4.78 is 15.9. The van der Waals surface area contributed by atoms with Crippen LogP contribution >= 0.6 is 0 Å². The number of halogens is 1. The molecule has 1 saturated carbocycles. The first-order chi connectivity index (χ1) is 18.0. The quantitative estimate of drug-likeness (QED) is 0.229. The Kier molecular flexibility index (Phi) is 12.2. The van der Waals surface area contributed by atoms with Gasteiger partial charge >= 0.3 is 5.97 Å². The second-order valence-corrected chi connectivity index (χ2v) is 11.4. The zero-order valence-electron chi connectivity index (χ0n) is 23.3. The van der Waals surface area contributed by atoms with Gasteiger partial charge in [0.15, 0.2) is 0 Å². The van der Waals surface area contributed by atoms with Gasteiger partial charge in [-0.15, -0.1) is 0 Å². The van der Waals surface area contributed by atoms with Crippen molar-refractivity contribution in [3.8, 4) is 11.1 Å². The van der Waals surface area contributed by atoms with E-state index in [0.29, 0.717) is 12.8 Å². The Morgan fingerprint density at radius 2 is 1.38 bits per heavy atom. The van der Waals surface area contributed by atoms with Crippen molar-refractivity contribution in [3.63, 3.8) is 0 Å². The Labute approximate surface area is 225 Å². The van der Waals surface area contributed by atoms with Crippen LogP contribution in [0.5, 0.6) is 0 Å². The van der Waals surface area contributed by atoms with Crippen molar-refractivity contribution in [2.75, 3.05) is 0 Å². The van der Waals surface area contributed by atoms with E-state index in [9.17, 15) is 9.90 Å². The van der Waals surface area contributed by atoms with Gasteiger partial charge in [-0.3, -0.25) is 0 Å². The molecule has 0 aliphatic heterocycles. The highest BCUT2D eigenvalue weighted by molar-refractivity contribution is 5.78. The molecule has 3 rings (SSSR count). The van der Waals surface area contributed by atoms with Crippen LogP contribution < -0.4 is 0 Å². The topological polar surface area (TPSA) is 37.3 Å². The van der Waals surface area contributed by atoms with Crippen molar-refractivity contribution in [2.24, 2.45) is 5.92 Å². The zero-order chi connectivity index (χ0) is 26.5. The van der Waals surface area contributed by atoms with E-state index in [-0.39, 0.29) is 18.3 Å². The summed E-state index contributed by atoms with van der Waals surface area (Å²) in [6.45, 7) is 4.30. The molecule has 1 aliphatic rings. The number of hydrogen-bond acceptors (Lipinski definition) is 1. The van der Waals surface area contributed by atoms with Crippen LogP contribution in [0.4, 0.5) is 4.39 Å². The van der Waals surface area contributed by atoms with E-state index in [0.717, 1.165) is 43.2 Å². The van der Waals surface area contributed by atoms with Crippen LogP contribution in [0.3, 0.4) is 0 Å². The first kappa shape index (κ1) is 29.4. The smallest absolute Gasteiger partial charge is 0.341 e. The highest BCUT2D eigenvalue weighted by Crippen LogP contribution is 2.42. The number of unbranched alkanes of at least 4 members (excludes halogenated alkanes) is 7. The molecular formula is C34H49FO2. The van der Waals surface area contributed by atoms with E-state index in [1.807, 2.05) is 6.92 Å². The van der Waals surface area contributed by atoms with Crippen molar-refractivity contribution in [1.82, 2.24) is 0 Å². The second-order valence-electron chi connectivity index (χ2n) is 11.4. The largest absolute Gasteiger partial charge is 0.479 e. The number of aliphatic carboxylic acids is 1. The minimum Gasteiger partial charge on any atom is -0.479 e. The predicted molar refractivity (Wildman–Crippen MR) is 154 cm³/mol. The molecule has 0 radical (unpaired) electrons. The van der Waals surface area contributed by atoms with E-state index in [4.69, 9.17) is 0 Å². The van der Waals surface area contributed by atoms with E-state index in [1.165, 1.54) is 62.5 Å². The van der Waals surface area contributed by atoms with Crippen LogP contribution in [0, 0.1) is 5.92 Å². The molecule has 0 spiro atoms. The average molecular weight is 509 g/mol. The molecule has 2 atom stereocenters. The van der Waals surface area contributed by atoms with Crippen molar-refractivity contribution >= 4 is 5.97 Å². The summed E-state index contributed by atoms with van der Waals surface area (Å²) in [6.07, 6.45) is 17.0. The highest BCUT2D eigenvalue weighted by atomic mass is 19.1. The van der Waals surface area contributed by atoms with Crippen molar-refractivity contribution in [2.45, 2.75) is 128 Å². The van der Waals surface area contributed by atoms with Gasteiger partial charge in [0.1, 0.15) is 0 Å². The maximum Gasteiger partial charge on any atom is 0.341 e. The van der Waals surface area contributed by atoms with Gasteiger partial charge in [-0.1, -0.05) is 127 Å². The molecule has 1 aliphatic carbocycles. The first-order valence-electron chi connectivity index (χ1n) is 15.1. The summed E-state index contributed by atoms with van der Waals surface area (Å²) in [4.78, 5) is 12.0. The van der Waals surface area contributed by atoms with Gasteiger partial charge in [0.25, 0.3) is 0 Å². The lowest BCUT2D eigenvalue weighted by molar-refractivity contribution is -0.157.